The minimum absolute atomic E-state index is 0.177. The fourth-order valence-corrected chi connectivity index (χ4v) is 1.65. The lowest BCUT2D eigenvalue weighted by Gasteiger charge is -2.19. The predicted molar refractivity (Wildman–Crippen MR) is 64.1 cm³/mol. The molecule has 2 heteroatoms. The molecule has 0 bridgehead atoms. The third-order valence-electron chi connectivity index (χ3n) is 2.45. The van der Waals surface area contributed by atoms with Crippen molar-refractivity contribution in [2.75, 3.05) is 20.2 Å². The van der Waals surface area contributed by atoms with Crippen molar-refractivity contribution in [2.24, 2.45) is 0 Å². The van der Waals surface area contributed by atoms with E-state index < -0.39 is 0 Å². The van der Waals surface area contributed by atoms with Gasteiger partial charge in [0, 0.05) is 13.2 Å². The van der Waals surface area contributed by atoms with Crippen molar-refractivity contribution in [3.05, 3.63) is 35.4 Å². The molecule has 1 N–H and O–H groups in total. The summed E-state index contributed by atoms with van der Waals surface area (Å²) >= 11 is 0. The summed E-state index contributed by atoms with van der Waals surface area (Å²) in [6.07, 6.45) is 1.24. The summed E-state index contributed by atoms with van der Waals surface area (Å²) < 4.78 is 5.84. The van der Waals surface area contributed by atoms with E-state index in [1.165, 1.54) is 11.1 Å². The van der Waals surface area contributed by atoms with Crippen molar-refractivity contribution < 1.29 is 4.74 Å². The average Bonchev–Trinajstić information content (AvgIpc) is 2.25. The highest BCUT2D eigenvalue weighted by atomic mass is 16.5. The molecular weight excluding hydrogens is 186 g/mol. The zero-order valence-corrected chi connectivity index (χ0v) is 9.92. The Bertz CT molecular complexity index is 286. The van der Waals surface area contributed by atoms with Crippen LogP contribution in [0.15, 0.2) is 24.3 Å². The number of rotatable bonds is 6. The Labute approximate surface area is 92.6 Å². The lowest BCUT2D eigenvalue weighted by molar-refractivity contribution is 0.0539. The van der Waals surface area contributed by atoms with Crippen LogP contribution in [0.4, 0.5) is 0 Å². The number of likely N-dealkylation sites (N-methyl/N-ethyl adjacent to an activating group) is 1. The van der Waals surface area contributed by atoms with E-state index in [9.17, 15) is 0 Å². The van der Waals surface area contributed by atoms with Crippen molar-refractivity contribution in [1.29, 1.82) is 0 Å². The standard InChI is InChI=1S/C13H21NO/c1-4-9-15-13(10-14-3)12-8-6-5-7-11(12)2/h5-8,13-14H,4,9-10H2,1-3H3. The van der Waals surface area contributed by atoms with E-state index in [-0.39, 0.29) is 6.10 Å². The molecule has 1 aromatic carbocycles. The topological polar surface area (TPSA) is 21.3 Å². The van der Waals surface area contributed by atoms with Crippen molar-refractivity contribution in [2.45, 2.75) is 26.4 Å². The Morgan fingerprint density at radius 2 is 2.07 bits per heavy atom. The normalized spacial score (nSPS) is 12.7. The second-order valence-electron chi connectivity index (χ2n) is 3.77. The van der Waals surface area contributed by atoms with Crippen LogP contribution in [-0.2, 0) is 4.74 Å². The van der Waals surface area contributed by atoms with Crippen LogP contribution in [0.2, 0.25) is 0 Å². The molecule has 0 saturated heterocycles. The first-order chi connectivity index (χ1) is 7.29. The summed E-state index contributed by atoms with van der Waals surface area (Å²) in [4.78, 5) is 0. The summed E-state index contributed by atoms with van der Waals surface area (Å²) in [5, 5.41) is 3.18. The molecule has 1 atom stereocenters. The van der Waals surface area contributed by atoms with E-state index in [1.54, 1.807) is 0 Å². The molecule has 84 valence electrons. The Balaban J connectivity index is 2.74. The number of ether oxygens (including phenoxy) is 1. The van der Waals surface area contributed by atoms with Gasteiger partial charge in [0.1, 0.15) is 0 Å². The van der Waals surface area contributed by atoms with Crippen LogP contribution < -0.4 is 5.32 Å². The van der Waals surface area contributed by atoms with Crippen molar-refractivity contribution >= 4 is 0 Å². The highest BCUT2D eigenvalue weighted by Gasteiger charge is 2.12. The van der Waals surface area contributed by atoms with Gasteiger partial charge in [-0.25, -0.2) is 0 Å². The fourth-order valence-electron chi connectivity index (χ4n) is 1.65. The summed E-state index contributed by atoms with van der Waals surface area (Å²) in [7, 11) is 1.96. The van der Waals surface area contributed by atoms with Crippen molar-refractivity contribution in [1.82, 2.24) is 5.32 Å². The second-order valence-corrected chi connectivity index (χ2v) is 3.77. The Hall–Kier alpha value is -0.860. The maximum Gasteiger partial charge on any atom is 0.0951 e. The van der Waals surface area contributed by atoms with Crippen LogP contribution >= 0.6 is 0 Å². The van der Waals surface area contributed by atoms with E-state index >= 15 is 0 Å². The van der Waals surface area contributed by atoms with Gasteiger partial charge in [0.2, 0.25) is 0 Å². The van der Waals surface area contributed by atoms with Crippen molar-refractivity contribution in [3.63, 3.8) is 0 Å². The number of benzene rings is 1. The van der Waals surface area contributed by atoms with Crippen LogP contribution in [-0.4, -0.2) is 20.2 Å². The fraction of sp³-hybridized carbons (Fsp3) is 0.538. The van der Waals surface area contributed by atoms with Gasteiger partial charge in [-0.1, -0.05) is 31.2 Å². The van der Waals surface area contributed by atoms with Gasteiger partial charge >= 0.3 is 0 Å². The Kier molecular flexibility index (Phi) is 5.37. The number of nitrogens with one attached hydrogen (secondary N) is 1. The molecule has 0 aliphatic rings. The monoisotopic (exact) mass is 207 g/mol. The molecule has 15 heavy (non-hydrogen) atoms. The van der Waals surface area contributed by atoms with E-state index in [0.29, 0.717) is 0 Å². The minimum atomic E-state index is 0.177. The number of hydrogen-bond donors (Lipinski definition) is 1. The van der Waals surface area contributed by atoms with Gasteiger partial charge in [0.05, 0.1) is 6.10 Å². The Morgan fingerprint density at radius 1 is 1.33 bits per heavy atom. The van der Waals surface area contributed by atoms with Crippen LogP contribution in [0.5, 0.6) is 0 Å². The zero-order chi connectivity index (χ0) is 11.1. The molecule has 0 aliphatic carbocycles. The summed E-state index contributed by atoms with van der Waals surface area (Å²) in [6.45, 7) is 5.95. The van der Waals surface area contributed by atoms with Crippen LogP contribution in [0, 0.1) is 6.92 Å². The molecule has 0 heterocycles. The summed E-state index contributed by atoms with van der Waals surface area (Å²) in [6, 6.07) is 8.41. The smallest absolute Gasteiger partial charge is 0.0951 e. The third kappa shape index (κ3) is 3.65. The highest BCUT2D eigenvalue weighted by molar-refractivity contribution is 5.28. The van der Waals surface area contributed by atoms with E-state index in [2.05, 4.69) is 43.4 Å². The molecule has 0 aliphatic heterocycles. The van der Waals surface area contributed by atoms with Gasteiger partial charge in [-0.15, -0.1) is 0 Å². The third-order valence-corrected chi connectivity index (χ3v) is 2.45. The first-order valence-corrected chi connectivity index (χ1v) is 5.61. The minimum Gasteiger partial charge on any atom is -0.372 e. The largest absolute Gasteiger partial charge is 0.372 e. The molecule has 0 amide bonds. The van der Waals surface area contributed by atoms with E-state index in [0.717, 1.165) is 19.6 Å². The molecule has 0 saturated carbocycles. The van der Waals surface area contributed by atoms with Gasteiger partial charge in [-0.2, -0.15) is 0 Å². The van der Waals surface area contributed by atoms with Gasteiger partial charge in [-0.3, -0.25) is 0 Å². The average molecular weight is 207 g/mol. The lowest BCUT2D eigenvalue weighted by Crippen LogP contribution is -2.20. The zero-order valence-electron chi connectivity index (χ0n) is 9.92. The van der Waals surface area contributed by atoms with Gasteiger partial charge < -0.3 is 10.1 Å². The molecule has 1 rings (SSSR count). The predicted octanol–water partition coefficient (Wildman–Crippen LogP) is 2.68. The second kappa shape index (κ2) is 6.59. The highest BCUT2D eigenvalue weighted by Crippen LogP contribution is 2.20. The van der Waals surface area contributed by atoms with Gasteiger partial charge in [0.25, 0.3) is 0 Å². The molecule has 0 aromatic heterocycles. The molecule has 2 nitrogen and oxygen atoms in total. The quantitative estimate of drug-likeness (QED) is 0.774. The molecule has 0 spiro atoms. The van der Waals surface area contributed by atoms with Crippen LogP contribution in [0.25, 0.3) is 0 Å². The van der Waals surface area contributed by atoms with E-state index in [1.807, 2.05) is 7.05 Å². The molecule has 1 aromatic rings. The van der Waals surface area contributed by atoms with Crippen LogP contribution in [0.1, 0.15) is 30.6 Å². The maximum atomic E-state index is 5.84. The number of aryl methyl sites for hydroxylation is 1. The lowest BCUT2D eigenvalue weighted by atomic mass is 10.0. The molecule has 0 radical (unpaired) electrons. The number of hydrogen-bond acceptors (Lipinski definition) is 2. The van der Waals surface area contributed by atoms with Gasteiger partial charge in [0.15, 0.2) is 0 Å². The summed E-state index contributed by atoms with van der Waals surface area (Å²) in [5.41, 5.74) is 2.59. The van der Waals surface area contributed by atoms with E-state index in [4.69, 9.17) is 4.74 Å². The first kappa shape index (κ1) is 12.2. The van der Waals surface area contributed by atoms with Crippen molar-refractivity contribution in [3.8, 4) is 0 Å². The summed E-state index contributed by atoms with van der Waals surface area (Å²) in [5.74, 6) is 0. The SMILES string of the molecule is CCCOC(CNC)c1ccccc1C. The maximum absolute atomic E-state index is 5.84. The molecule has 0 fully saturated rings. The van der Waals surface area contributed by atoms with Crippen LogP contribution in [0.3, 0.4) is 0 Å². The first-order valence-electron chi connectivity index (χ1n) is 5.61. The Morgan fingerprint density at radius 3 is 2.67 bits per heavy atom. The van der Waals surface area contributed by atoms with Gasteiger partial charge in [-0.05, 0) is 31.5 Å². The molecular formula is C13H21NO. The molecule has 1 unspecified atom stereocenters.